The molecule has 3 rings (SSSR count). The summed E-state index contributed by atoms with van der Waals surface area (Å²) >= 11 is 0. The molecule has 5 heteroatoms. The minimum absolute atomic E-state index is 0.0263. The fourth-order valence-electron chi connectivity index (χ4n) is 3.63. The lowest BCUT2D eigenvalue weighted by atomic mass is 9.82. The Hall–Kier alpha value is -1.49. The van der Waals surface area contributed by atoms with Gasteiger partial charge < -0.3 is 10.0 Å². The Bertz CT molecular complexity index is 486. The Labute approximate surface area is 125 Å². The second kappa shape index (κ2) is 6.10. The minimum atomic E-state index is -0.787. The van der Waals surface area contributed by atoms with E-state index in [1.807, 2.05) is 4.90 Å². The molecule has 21 heavy (non-hydrogen) atoms. The summed E-state index contributed by atoms with van der Waals surface area (Å²) < 4.78 is 0. The van der Waals surface area contributed by atoms with Gasteiger partial charge in [-0.05, 0) is 25.7 Å². The molecule has 1 aliphatic heterocycles. The normalized spacial score (nSPS) is 25.0. The molecule has 0 spiro atoms. The highest BCUT2D eigenvalue weighted by Crippen LogP contribution is 2.35. The van der Waals surface area contributed by atoms with Gasteiger partial charge in [0.2, 0.25) is 5.91 Å². The smallest absolute Gasteiger partial charge is 0.226 e. The molecule has 1 saturated heterocycles. The van der Waals surface area contributed by atoms with E-state index in [2.05, 4.69) is 9.97 Å². The fraction of sp³-hybridized carbons (Fsp3) is 0.688. The summed E-state index contributed by atoms with van der Waals surface area (Å²) in [6, 6.07) is 0.0263. The van der Waals surface area contributed by atoms with Crippen molar-refractivity contribution in [2.24, 2.45) is 0 Å². The predicted octanol–water partition coefficient (Wildman–Crippen LogP) is 2.23. The molecule has 1 aromatic rings. The summed E-state index contributed by atoms with van der Waals surface area (Å²) in [6.07, 6.45) is 12.0. The van der Waals surface area contributed by atoms with E-state index in [4.69, 9.17) is 0 Å². The number of hydrogen-bond acceptors (Lipinski definition) is 4. The van der Waals surface area contributed by atoms with Gasteiger partial charge in [0.05, 0.1) is 30.0 Å². The van der Waals surface area contributed by atoms with Gasteiger partial charge in [-0.25, -0.2) is 0 Å². The van der Waals surface area contributed by atoms with E-state index in [0.29, 0.717) is 0 Å². The predicted molar refractivity (Wildman–Crippen MR) is 78.4 cm³/mol. The summed E-state index contributed by atoms with van der Waals surface area (Å²) in [7, 11) is 0. The summed E-state index contributed by atoms with van der Waals surface area (Å²) in [6.45, 7) is 0.760. The van der Waals surface area contributed by atoms with Crippen molar-refractivity contribution in [3.63, 3.8) is 0 Å². The van der Waals surface area contributed by atoms with Crippen LogP contribution in [0.25, 0.3) is 0 Å². The molecule has 1 N–H and O–H groups in total. The minimum Gasteiger partial charge on any atom is -0.389 e. The van der Waals surface area contributed by atoms with Crippen LogP contribution in [0.5, 0.6) is 0 Å². The van der Waals surface area contributed by atoms with Gasteiger partial charge in [0.1, 0.15) is 0 Å². The Morgan fingerprint density at radius 2 is 2.10 bits per heavy atom. The first-order valence-corrected chi connectivity index (χ1v) is 7.96. The lowest BCUT2D eigenvalue weighted by Gasteiger charge is -2.34. The van der Waals surface area contributed by atoms with E-state index >= 15 is 0 Å². The Balaban J connectivity index is 1.68. The number of aromatic nitrogens is 2. The van der Waals surface area contributed by atoms with Gasteiger partial charge in [0, 0.05) is 18.9 Å². The zero-order chi connectivity index (χ0) is 14.7. The summed E-state index contributed by atoms with van der Waals surface area (Å²) in [5, 5.41) is 10.6. The third-order valence-corrected chi connectivity index (χ3v) is 4.76. The molecule has 2 fully saturated rings. The van der Waals surface area contributed by atoms with Crippen molar-refractivity contribution in [3.05, 3.63) is 24.3 Å². The SMILES string of the molecule is O=C(CC1(O)CCCCC1)N1CCCC1c1cnccn1. The van der Waals surface area contributed by atoms with E-state index < -0.39 is 5.60 Å². The Morgan fingerprint density at radius 3 is 2.81 bits per heavy atom. The van der Waals surface area contributed by atoms with Gasteiger partial charge in [-0.3, -0.25) is 14.8 Å². The fourth-order valence-corrected chi connectivity index (χ4v) is 3.63. The van der Waals surface area contributed by atoms with Crippen molar-refractivity contribution in [3.8, 4) is 0 Å². The van der Waals surface area contributed by atoms with E-state index in [1.54, 1.807) is 18.6 Å². The first-order chi connectivity index (χ1) is 10.2. The second-order valence-corrected chi connectivity index (χ2v) is 6.34. The van der Waals surface area contributed by atoms with Gasteiger partial charge >= 0.3 is 0 Å². The van der Waals surface area contributed by atoms with Gasteiger partial charge in [0.15, 0.2) is 0 Å². The maximum absolute atomic E-state index is 12.6. The van der Waals surface area contributed by atoms with Crippen molar-refractivity contribution in [1.82, 2.24) is 14.9 Å². The molecule has 1 unspecified atom stereocenters. The number of likely N-dealkylation sites (tertiary alicyclic amines) is 1. The van der Waals surface area contributed by atoms with E-state index in [1.165, 1.54) is 6.42 Å². The van der Waals surface area contributed by atoms with Crippen molar-refractivity contribution < 1.29 is 9.90 Å². The molecule has 0 aromatic carbocycles. The van der Waals surface area contributed by atoms with Gasteiger partial charge in [-0.2, -0.15) is 0 Å². The number of rotatable bonds is 3. The molecule has 1 aromatic heterocycles. The number of amides is 1. The first-order valence-electron chi connectivity index (χ1n) is 7.96. The lowest BCUT2D eigenvalue weighted by molar-refractivity contribution is -0.138. The van der Waals surface area contributed by atoms with Crippen LogP contribution in [0, 0.1) is 0 Å². The van der Waals surface area contributed by atoms with Crippen molar-refractivity contribution >= 4 is 5.91 Å². The lowest BCUT2D eigenvalue weighted by Crippen LogP contribution is -2.40. The van der Waals surface area contributed by atoms with Gasteiger partial charge in [0.25, 0.3) is 0 Å². The van der Waals surface area contributed by atoms with Crippen molar-refractivity contribution in [1.29, 1.82) is 0 Å². The van der Waals surface area contributed by atoms with Crippen LogP contribution in [-0.4, -0.2) is 38.0 Å². The van der Waals surface area contributed by atoms with E-state index in [-0.39, 0.29) is 18.4 Å². The van der Waals surface area contributed by atoms with Crippen LogP contribution in [0.15, 0.2) is 18.6 Å². The van der Waals surface area contributed by atoms with Crippen LogP contribution in [0.3, 0.4) is 0 Å². The third kappa shape index (κ3) is 3.23. The highest BCUT2D eigenvalue weighted by Gasteiger charge is 2.37. The van der Waals surface area contributed by atoms with Crippen LogP contribution in [0.4, 0.5) is 0 Å². The summed E-state index contributed by atoms with van der Waals surface area (Å²) in [5.74, 6) is 0.0625. The zero-order valence-electron chi connectivity index (χ0n) is 12.4. The van der Waals surface area contributed by atoms with Crippen molar-refractivity contribution in [2.45, 2.75) is 63.0 Å². The first kappa shape index (κ1) is 14.4. The molecular formula is C16H23N3O2. The van der Waals surface area contributed by atoms with Crippen LogP contribution in [0.2, 0.25) is 0 Å². The molecule has 1 saturated carbocycles. The maximum Gasteiger partial charge on any atom is 0.226 e. The van der Waals surface area contributed by atoms with Crippen LogP contribution >= 0.6 is 0 Å². The van der Waals surface area contributed by atoms with E-state index in [0.717, 1.165) is 50.8 Å². The highest BCUT2D eigenvalue weighted by atomic mass is 16.3. The van der Waals surface area contributed by atoms with E-state index in [9.17, 15) is 9.90 Å². The van der Waals surface area contributed by atoms with Gasteiger partial charge in [-0.15, -0.1) is 0 Å². The average Bonchev–Trinajstić information content (AvgIpc) is 2.98. The van der Waals surface area contributed by atoms with Gasteiger partial charge in [-0.1, -0.05) is 19.3 Å². The molecule has 2 heterocycles. The quantitative estimate of drug-likeness (QED) is 0.926. The van der Waals surface area contributed by atoms with Crippen molar-refractivity contribution in [2.75, 3.05) is 6.54 Å². The molecule has 0 bridgehead atoms. The van der Waals surface area contributed by atoms with Crippen LogP contribution in [0.1, 0.15) is 63.1 Å². The average molecular weight is 289 g/mol. The number of aliphatic hydroxyl groups is 1. The molecule has 1 aliphatic carbocycles. The summed E-state index contributed by atoms with van der Waals surface area (Å²) in [5.41, 5.74) is 0.0733. The third-order valence-electron chi connectivity index (χ3n) is 4.76. The molecule has 0 radical (unpaired) electrons. The largest absolute Gasteiger partial charge is 0.389 e. The number of hydrogen-bond donors (Lipinski definition) is 1. The van der Waals surface area contributed by atoms with Crippen LogP contribution < -0.4 is 0 Å². The zero-order valence-corrected chi connectivity index (χ0v) is 12.4. The standard InChI is InChI=1S/C16H23N3O2/c20-15(11-16(21)6-2-1-3-7-16)19-10-4-5-14(19)13-12-17-8-9-18-13/h8-9,12,14,21H,1-7,10-11H2. The molecular weight excluding hydrogens is 266 g/mol. The Morgan fingerprint density at radius 1 is 1.29 bits per heavy atom. The highest BCUT2D eigenvalue weighted by molar-refractivity contribution is 5.78. The number of carbonyl (C=O) groups excluding carboxylic acids is 1. The molecule has 5 nitrogen and oxygen atoms in total. The maximum atomic E-state index is 12.6. The second-order valence-electron chi connectivity index (χ2n) is 6.34. The molecule has 2 aliphatic rings. The topological polar surface area (TPSA) is 66.3 Å². The van der Waals surface area contributed by atoms with Crippen LogP contribution in [-0.2, 0) is 4.79 Å². The Kier molecular flexibility index (Phi) is 4.19. The summed E-state index contributed by atoms with van der Waals surface area (Å²) in [4.78, 5) is 22.9. The molecule has 114 valence electrons. The monoisotopic (exact) mass is 289 g/mol. The number of carbonyl (C=O) groups is 1. The molecule has 1 atom stereocenters. The number of nitrogens with zero attached hydrogens (tertiary/aromatic N) is 3. The molecule has 1 amide bonds.